The van der Waals surface area contributed by atoms with Crippen LogP contribution in [-0.2, 0) is 6.54 Å². The Morgan fingerprint density at radius 2 is 2.00 bits per heavy atom. The first-order valence-corrected chi connectivity index (χ1v) is 9.30. The number of hydrogen-bond donors (Lipinski definition) is 1. The van der Waals surface area contributed by atoms with Gasteiger partial charge >= 0.3 is 0 Å². The van der Waals surface area contributed by atoms with Gasteiger partial charge in [0, 0.05) is 23.7 Å². The Morgan fingerprint density at radius 1 is 1.27 bits per heavy atom. The molecule has 2 aromatic rings. The van der Waals surface area contributed by atoms with Crippen LogP contribution in [0.5, 0.6) is 0 Å². The van der Waals surface area contributed by atoms with Gasteiger partial charge in [-0.1, -0.05) is 32.0 Å². The Balaban J connectivity index is 2.08. The van der Waals surface area contributed by atoms with E-state index >= 15 is 0 Å². The van der Waals surface area contributed by atoms with Gasteiger partial charge in [-0.15, -0.1) is 11.8 Å². The molecule has 5 nitrogen and oxygen atoms in total. The first kappa shape index (κ1) is 19.9. The van der Waals surface area contributed by atoms with E-state index < -0.39 is 16.6 Å². The maximum atomic E-state index is 13.6. The molecule has 0 saturated heterocycles. The quantitative estimate of drug-likeness (QED) is 0.408. The molecule has 0 saturated carbocycles. The van der Waals surface area contributed by atoms with Crippen LogP contribution in [0.1, 0.15) is 36.2 Å². The molecule has 1 amide bonds. The third-order valence-corrected chi connectivity index (χ3v) is 4.86. The van der Waals surface area contributed by atoms with Gasteiger partial charge in [0.25, 0.3) is 11.6 Å². The lowest BCUT2D eigenvalue weighted by Gasteiger charge is -2.08. The number of nitro groups is 1. The predicted octanol–water partition coefficient (Wildman–Crippen LogP) is 4.80. The smallest absolute Gasteiger partial charge is 0.283 e. The second-order valence-electron chi connectivity index (χ2n) is 6.24. The molecule has 2 rings (SSSR count). The number of hydrogen-bond acceptors (Lipinski definition) is 4. The standard InChI is InChI=1S/C19H21FN2O3S/c1-13(2)9-10-26-18-8-7-14(11-17(18)22(24)25)19(23)21-12-15-5-3-4-6-16(15)20/h3-8,11,13H,9-10,12H2,1-2H3,(H,21,23). The Morgan fingerprint density at radius 3 is 2.65 bits per heavy atom. The number of halogens is 1. The first-order valence-electron chi connectivity index (χ1n) is 8.31. The number of thioether (sulfide) groups is 1. The summed E-state index contributed by atoms with van der Waals surface area (Å²) >= 11 is 1.41. The zero-order chi connectivity index (χ0) is 19.1. The van der Waals surface area contributed by atoms with Gasteiger partial charge in [-0.3, -0.25) is 14.9 Å². The third kappa shape index (κ3) is 5.56. The number of nitrogens with zero attached hydrogens (tertiary/aromatic N) is 1. The lowest BCUT2D eigenvalue weighted by atomic mass is 10.1. The van der Waals surface area contributed by atoms with E-state index in [0.29, 0.717) is 16.4 Å². The highest BCUT2D eigenvalue weighted by molar-refractivity contribution is 7.99. The van der Waals surface area contributed by atoms with Crippen molar-refractivity contribution >= 4 is 23.4 Å². The fourth-order valence-electron chi connectivity index (χ4n) is 2.25. The molecule has 138 valence electrons. The Kier molecular flexibility index (Phi) is 7.15. The van der Waals surface area contributed by atoms with E-state index in [4.69, 9.17) is 0 Å². The number of rotatable bonds is 8. The van der Waals surface area contributed by atoms with Crippen molar-refractivity contribution in [1.29, 1.82) is 0 Å². The van der Waals surface area contributed by atoms with Crippen LogP contribution < -0.4 is 5.32 Å². The second-order valence-corrected chi connectivity index (χ2v) is 7.38. The van der Waals surface area contributed by atoms with Crippen molar-refractivity contribution in [3.05, 3.63) is 69.5 Å². The second kappa shape index (κ2) is 9.33. The molecule has 0 aliphatic rings. The predicted molar refractivity (Wildman–Crippen MR) is 101 cm³/mol. The molecule has 0 atom stereocenters. The van der Waals surface area contributed by atoms with Crippen LogP contribution in [0.2, 0.25) is 0 Å². The van der Waals surface area contributed by atoms with Crippen LogP contribution in [0.15, 0.2) is 47.4 Å². The maximum Gasteiger partial charge on any atom is 0.283 e. The molecule has 2 aromatic carbocycles. The lowest BCUT2D eigenvalue weighted by Crippen LogP contribution is -2.23. The molecule has 0 unspecified atom stereocenters. The van der Waals surface area contributed by atoms with Crippen molar-refractivity contribution in [1.82, 2.24) is 5.32 Å². The summed E-state index contributed by atoms with van der Waals surface area (Å²) in [5, 5.41) is 13.9. The van der Waals surface area contributed by atoms with Crippen molar-refractivity contribution in [2.24, 2.45) is 5.92 Å². The van der Waals surface area contributed by atoms with Crippen molar-refractivity contribution in [3.8, 4) is 0 Å². The first-order chi connectivity index (χ1) is 12.4. The Hall–Kier alpha value is -2.41. The molecule has 0 fully saturated rings. The van der Waals surface area contributed by atoms with Crippen LogP contribution in [-0.4, -0.2) is 16.6 Å². The van der Waals surface area contributed by atoms with Gasteiger partial charge in [0.1, 0.15) is 5.82 Å². The minimum absolute atomic E-state index is 0.0180. The van der Waals surface area contributed by atoms with Gasteiger partial charge in [-0.25, -0.2) is 4.39 Å². The van der Waals surface area contributed by atoms with E-state index in [2.05, 4.69) is 19.2 Å². The summed E-state index contributed by atoms with van der Waals surface area (Å²) in [5.41, 5.74) is 0.453. The molecule has 1 N–H and O–H groups in total. The molecule has 0 aliphatic heterocycles. The van der Waals surface area contributed by atoms with Crippen molar-refractivity contribution in [2.45, 2.75) is 31.7 Å². The Labute approximate surface area is 156 Å². The summed E-state index contributed by atoms with van der Waals surface area (Å²) < 4.78 is 13.6. The van der Waals surface area contributed by atoms with Crippen LogP contribution >= 0.6 is 11.8 Å². The lowest BCUT2D eigenvalue weighted by molar-refractivity contribution is -0.387. The summed E-state index contributed by atoms with van der Waals surface area (Å²) in [6, 6.07) is 10.6. The maximum absolute atomic E-state index is 13.6. The highest BCUT2D eigenvalue weighted by Crippen LogP contribution is 2.31. The van der Waals surface area contributed by atoms with E-state index in [-0.39, 0.29) is 17.8 Å². The minimum Gasteiger partial charge on any atom is -0.348 e. The number of carbonyl (C=O) groups excluding carboxylic acids is 1. The number of carbonyl (C=O) groups is 1. The SMILES string of the molecule is CC(C)CCSc1ccc(C(=O)NCc2ccccc2F)cc1[N+](=O)[O-]. The topological polar surface area (TPSA) is 72.2 Å². The highest BCUT2D eigenvalue weighted by atomic mass is 32.2. The van der Waals surface area contributed by atoms with Crippen LogP contribution in [0.3, 0.4) is 0 Å². The van der Waals surface area contributed by atoms with E-state index in [1.54, 1.807) is 30.3 Å². The molecule has 0 radical (unpaired) electrons. The summed E-state index contributed by atoms with van der Waals surface area (Å²) in [5.74, 6) is 0.410. The molecule has 0 spiro atoms. The normalized spacial score (nSPS) is 10.8. The molecule has 0 heterocycles. The number of benzene rings is 2. The van der Waals surface area contributed by atoms with E-state index in [9.17, 15) is 19.3 Å². The van der Waals surface area contributed by atoms with Crippen molar-refractivity contribution < 1.29 is 14.1 Å². The van der Waals surface area contributed by atoms with Gasteiger partial charge in [-0.2, -0.15) is 0 Å². The molecule has 7 heteroatoms. The monoisotopic (exact) mass is 376 g/mol. The zero-order valence-electron chi connectivity index (χ0n) is 14.7. The fraction of sp³-hybridized carbons (Fsp3) is 0.316. The zero-order valence-corrected chi connectivity index (χ0v) is 15.5. The number of nitrogens with one attached hydrogen (secondary N) is 1. The number of amides is 1. The minimum atomic E-state index is -0.481. The Bertz CT molecular complexity index is 796. The van der Waals surface area contributed by atoms with E-state index in [1.807, 2.05) is 0 Å². The summed E-state index contributed by atoms with van der Waals surface area (Å²) in [6.45, 7) is 4.21. The van der Waals surface area contributed by atoms with Gasteiger partial charge < -0.3 is 5.32 Å². The fourth-order valence-corrected chi connectivity index (χ4v) is 3.50. The highest BCUT2D eigenvalue weighted by Gasteiger charge is 2.18. The van der Waals surface area contributed by atoms with Crippen molar-refractivity contribution in [2.75, 3.05) is 5.75 Å². The molecule has 0 aromatic heterocycles. The van der Waals surface area contributed by atoms with Crippen LogP contribution in [0, 0.1) is 21.8 Å². The molecular formula is C19H21FN2O3S. The van der Waals surface area contributed by atoms with Gasteiger partial charge in [0.2, 0.25) is 0 Å². The molecule has 0 aliphatic carbocycles. The van der Waals surface area contributed by atoms with Gasteiger partial charge in [-0.05, 0) is 36.3 Å². The summed E-state index contributed by atoms with van der Waals surface area (Å²) in [4.78, 5) is 23.6. The average molecular weight is 376 g/mol. The largest absolute Gasteiger partial charge is 0.348 e. The van der Waals surface area contributed by atoms with Gasteiger partial charge in [0.05, 0.1) is 9.82 Å². The van der Waals surface area contributed by atoms with E-state index in [1.165, 1.54) is 23.9 Å². The average Bonchev–Trinajstić information content (AvgIpc) is 2.60. The van der Waals surface area contributed by atoms with Crippen LogP contribution in [0.25, 0.3) is 0 Å². The number of nitro benzene ring substituents is 1. The summed E-state index contributed by atoms with van der Waals surface area (Å²) in [6.07, 6.45) is 0.951. The van der Waals surface area contributed by atoms with Crippen LogP contribution in [0.4, 0.5) is 10.1 Å². The van der Waals surface area contributed by atoms with E-state index in [0.717, 1.165) is 12.2 Å². The van der Waals surface area contributed by atoms with Crippen molar-refractivity contribution in [3.63, 3.8) is 0 Å². The third-order valence-electron chi connectivity index (χ3n) is 3.77. The molecule has 0 bridgehead atoms. The molecule has 26 heavy (non-hydrogen) atoms. The molecular weight excluding hydrogens is 355 g/mol. The summed E-state index contributed by atoms with van der Waals surface area (Å²) in [7, 11) is 0. The van der Waals surface area contributed by atoms with Gasteiger partial charge in [0.15, 0.2) is 0 Å².